The Kier molecular flexibility index (Phi) is 11.2. The van der Waals surface area contributed by atoms with Gasteiger partial charge in [-0.05, 0) is 68.8 Å². The van der Waals surface area contributed by atoms with Gasteiger partial charge in [0.1, 0.15) is 12.4 Å². The summed E-state index contributed by atoms with van der Waals surface area (Å²) in [5.74, 6) is -0.140. The van der Waals surface area contributed by atoms with E-state index in [-0.39, 0.29) is 37.8 Å². The number of ether oxygens (including phenoxy) is 5. The van der Waals surface area contributed by atoms with Crippen molar-refractivity contribution >= 4 is 41.0 Å². The van der Waals surface area contributed by atoms with Crippen LogP contribution in [0.4, 0.5) is 0 Å². The summed E-state index contributed by atoms with van der Waals surface area (Å²) in [6.45, 7) is 5.37. The van der Waals surface area contributed by atoms with E-state index < -0.39 is 23.5 Å². The molecule has 0 bridgehead atoms. The summed E-state index contributed by atoms with van der Waals surface area (Å²) in [4.78, 5) is 44.4. The molecule has 4 aromatic rings. The zero-order valence-corrected chi connectivity index (χ0v) is 28.7. The molecule has 0 N–H and O–H groups in total. The fraction of sp³-hybridized carbons (Fsp3) is 0.250. The first-order valence-electron chi connectivity index (χ1n) is 15.2. The van der Waals surface area contributed by atoms with Crippen LogP contribution in [0.25, 0.3) is 6.08 Å². The first kappa shape index (κ1) is 34.9. The van der Waals surface area contributed by atoms with Gasteiger partial charge < -0.3 is 23.7 Å². The maximum atomic E-state index is 14.3. The largest absolute Gasteiger partial charge is 0.490 e. The zero-order valence-electron chi connectivity index (χ0n) is 27.2. The molecule has 0 radical (unpaired) electrons. The summed E-state index contributed by atoms with van der Waals surface area (Å²) in [6.07, 6.45) is 1.66. The number of fused-ring (bicyclic) bond motifs is 1. The lowest BCUT2D eigenvalue weighted by molar-refractivity contribution is -0.143. The van der Waals surface area contributed by atoms with Crippen LogP contribution in [0.2, 0.25) is 5.02 Å². The van der Waals surface area contributed by atoms with E-state index in [1.165, 1.54) is 11.7 Å². The van der Waals surface area contributed by atoms with Crippen molar-refractivity contribution in [1.82, 2.24) is 4.57 Å². The third-order valence-corrected chi connectivity index (χ3v) is 8.67. The second-order valence-corrected chi connectivity index (χ2v) is 12.0. The average molecular weight is 702 g/mol. The summed E-state index contributed by atoms with van der Waals surface area (Å²) < 4.78 is 29.4. The Hall–Kier alpha value is -5.38. The third-order valence-electron chi connectivity index (χ3n) is 7.45. The molecule has 0 saturated heterocycles. The molecule has 1 aromatic heterocycles. The molecule has 0 amide bonds. The summed E-state index contributed by atoms with van der Waals surface area (Å²) in [7, 11) is 1.26. The molecule has 5 rings (SSSR count). The first-order valence-corrected chi connectivity index (χ1v) is 16.4. The van der Waals surface area contributed by atoms with E-state index in [1.54, 1.807) is 75.4 Å². The van der Waals surface area contributed by atoms with E-state index in [0.29, 0.717) is 53.8 Å². The number of thiazole rings is 1. The Morgan fingerprint density at radius 2 is 1.80 bits per heavy atom. The highest BCUT2D eigenvalue weighted by atomic mass is 35.5. The Balaban J connectivity index is 1.62. The van der Waals surface area contributed by atoms with Crippen molar-refractivity contribution in [2.45, 2.75) is 33.4 Å². The Morgan fingerprint density at radius 1 is 1.02 bits per heavy atom. The fourth-order valence-electron chi connectivity index (χ4n) is 5.20. The van der Waals surface area contributed by atoms with Crippen molar-refractivity contribution in [3.63, 3.8) is 0 Å². The number of aromatic nitrogens is 1. The topological polar surface area (TPSA) is 138 Å². The second-order valence-electron chi connectivity index (χ2n) is 10.5. The van der Waals surface area contributed by atoms with Crippen molar-refractivity contribution in [3.8, 4) is 23.3 Å². The minimum atomic E-state index is -0.927. The van der Waals surface area contributed by atoms with Crippen LogP contribution in [0.5, 0.6) is 17.2 Å². The Morgan fingerprint density at radius 3 is 2.53 bits per heavy atom. The Bertz CT molecular complexity index is 2170. The zero-order chi connectivity index (χ0) is 35.1. The van der Waals surface area contributed by atoms with Gasteiger partial charge >= 0.3 is 11.9 Å². The van der Waals surface area contributed by atoms with E-state index in [0.717, 1.165) is 11.3 Å². The standard InChI is InChI=1S/C36H32ClN3O8S/c1-5-45-29-16-22(11-13-28(29)48-20-31(41)44-4)33-32(35(43)46-6-2)21(3)39-36-40(33)34(42)30(49-36)17-25-15-26(37)12-14-27(25)47-19-24-10-8-7-9-23(24)18-38/h7-17,33H,5-6,19-20H2,1-4H3/b30-17+/t33-/m1/s1. The van der Waals surface area contributed by atoms with E-state index >= 15 is 0 Å². The highest BCUT2D eigenvalue weighted by molar-refractivity contribution is 7.07. The van der Waals surface area contributed by atoms with Crippen LogP contribution in [-0.4, -0.2) is 43.4 Å². The molecule has 252 valence electrons. The molecule has 0 unspecified atom stereocenters. The predicted molar refractivity (Wildman–Crippen MR) is 182 cm³/mol. The number of carbonyl (C=O) groups excluding carboxylic acids is 2. The molecule has 13 heteroatoms. The number of carbonyl (C=O) groups is 2. The van der Waals surface area contributed by atoms with Gasteiger partial charge in [0.25, 0.3) is 5.56 Å². The van der Waals surface area contributed by atoms with Crippen LogP contribution in [0.1, 0.15) is 49.1 Å². The van der Waals surface area contributed by atoms with Crippen LogP contribution in [0, 0.1) is 11.3 Å². The third kappa shape index (κ3) is 7.69. The molecule has 0 fully saturated rings. The van der Waals surface area contributed by atoms with Crippen LogP contribution in [0.3, 0.4) is 0 Å². The monoisotopic (exact) mass is 701 g/mol. The number of hydrogen-bond acceptors (Lipinski definition) is 11. The van der Waals surface area contributed by atoms with E-state index in [9.17, 15) is 19.6 Å². The molecule has 1 atom stereocenters. The smallest absolute Gasteiger partial charge is 0.343 e. The Labute approximate surface area is 290 Å². The lowest BCUT2D eigenvalue weighted by Gasteiger charge is -2.25. The molecule has 11 nitrogen and oxygen atoms in total. The van der Waals surface area contributed by atoms with Crippen molar-refractivity contribution < 1.29 is 33.3 Å². The molecular formula is C36H32ClN3O8S. The first-order chi connectivity index (χ1) is 23.7. The molecule has 2 heterocycles. The van der Waals surface area contributed by atoms with Crippen molar-refractivity contribution in [2.75, 3.05) is 26.9 Å². The number of methoxy groups -OCH3 is 1. The van der Waals surface area contributed by atoms with Crippen molar-refractivity contribution in [1.29, 1.82) is 5.26 Å². The molecule has 3 aromatic carbocycles. The quantitative estimate of drug-likeness (QED) is 0.190. The van der Waals surface area contributed by atoms with Crippen molar-refractivity contribution in [3.05, 3.63) is 119 Å². The van der Waals surface area contributed by atoms with Crippen LogP contribution >= 0.6 is 22.9 Å². The number of benzene rings is 3. The summed E-state index contributed by atoms with van der Waals surface area (Å²) in [5.41, 5.74) is 2.44. The van der Waals surface area contributed by atoms with Gasteiger partial charge in [0.05, 0.1) is 53.8 Å². The molecular weight excluding hydrogens is 670 g/mol. The SMILES string of the molecule is CCOC(=O)C1=C(C)N=c2s/c(=C/c3cc(Cl)ccc3OCc3ccccc3C#N)c(=O)n2[C@@H]1c1ccc(OCC(=O)OC)c(OCC)c1. The normalized spacial score (nSPS) is 14.0. The second kappa shape index (κ2) is 15.7. The summed E-state index contributed by atoms with van der Waals surface area (Å²) >= 11 is 7.52. The minimum Gasteiger partial charge on any atom is -0.490 e. The summed E-state index contributed by atoms with van der Waals surface area (Å²) in [5, 5.41) is 9.92. The molecule has 0 spiro atoms. The highest BCUT2D eigenvalue weighted by Crippen LogP contribution is 2.36. The van der Waals surface area contributed by atoms with Gasteiger partial charge in [-0.25, -0.2) is 14.6 Å². The predicted octanol–water partition coefficient (Wildman–Crippen LogP) is 4.85. The lowest BCUT2D eigenvalue weighted by Crippen LogP contribution is -2.40. The van der Waals surface area contributed by atoms with Gasteiger partial charge in [-0.1, -0.05) is 47.2 Å². The van der Waals surface area contributed by atoms with Crippen LogP contribution in [-0.2, 0) is 25.7 Å². The van der Waals surface area contributed by atoms with Gasteiger partial charge in [-0.15, -0.1) is 0 Å². The van der Waals surface area contributed by atoms with Gasteiger partial charge in [0.15, 0.2) is 22.9 Å². The summed E-state index contributed by atoms with van der Waals surface area (Å²) in [6, 6.07) is 18.4. The van der Waals surface area contributed by atoms with Crippen LogP contribution < -0.4 is 29.1 Å². The number of esters is 2. The number of nitriles is 1. The average Bonchev–Trinajstić information content (AvgIpc) is 3.40. The number of rotatable bonds is 12. The number of hydrogen-bond donors (Lipinski definition) is 0. The fourth-order valence-corrected chi connectivity index (χ4v) is 6.42. The number of nitrogens with zero attached hydrogens (tertiary/aromatic N) is 3. The van der Waals surface area contributed by atoms with Crippen LogP contribution in [0.15, 0.2) is 81.7 Å². The number of halogens is 1. The maximum Gasteiger partial charge on any atom is 0.343 e. The highest BCUT2D eigenvalue weighted by Gasteiger charge is 2.34. The van der Waals surface area contributed by atoms with E-state index in [1.807, 2.05) is 12.1 Å². The molecule has 1 aliphatic heterocycles. The maximum absolute atomic E-state index is 14.3. The lowest BCUT2D eigenvalue weighted by atomic mass is 9.95. The number of allylic oxidation sites excluding steroid dienone is 1. The molecule has 0 saturated carbocycles. The minimum absolute atomic E-state index is 0.119. The van der Waals surface area contributed by atoms with E-state index in [2.05, 4.69) is 15.8 Å². The molecule has 49 heavy (non-hydrogen) atoms. The van der Waals surface area contributed by atoms with Gasteiger partial charge in [0, 0.05) is 16.1 Å². The van der Waals surface area contributed by atoms with Gasteiger partial charge in [-0.3, -0.25) is 9.36 Å². The van der Waals surface area contributed by atoms with E-state index in [4.69, 9.17) is 30.5 Å². The van der Waals surface area contributed by atoms with Gasteiger partial charge in [0.2, 0.25) is 0 Å². The van der Waals surface area contributed by atoms with Crippen molar-refractivity contribution in [2.24, 2.45) is 4.99 Å². The van der Waals surface area contributed by atoms with Gasteiger partial charge in [-0.2, -0.15) is 5.26 Å². The molecule has 1 aliphatic rings. The molecule has 0 aliphatic carbocycles.